The van der Waals surface area contributed by atoms with Gasteiger partial charge in [-0.25, -0.2) is 4.79 Å². The van der Waals surface area contributed by atoms with Crippen LogP contribution in [0.2, 0.25) is 0 Å². The molecule has 0 saturated heterocycles. The molecule has 0 spiro atoms. The van der Waals surface area contributed by atoms with Crippen molar-refractivity contribution in [1.82, 2.24) is 25.4 Å². The Morgan fingerprint density at radius 1 is 1.46 bits per heavy atom. The van der Waals surface area contributed by atoms with Gasteiger partial charge in [0.15, 0.2) is 5.16 Å². The second-order valence-electron chi connectivity index (χ2n) is 5.58. The second-order valence-corrected chi connectivity index (χ2v) is 7.92. The lowest BCUT2D eigenvalue weighted by molar-refractivity contribution is -0.119. The number of hydrogen-bond acceptors (Lipinski definition) is 6. The summed E-state index contributed by atoms with van der Waals surface area (Å²) >= 11 is 3.03. The van der Waals surface area contributed by atoms with Crippen LogP contribution in [-0.4, -0.2) is 39.0 Å². The minimum absolute atomic E-state index is 0.343. The molecule has 2 heterocycles. The third kappa shape index (κ3) is 3.96. The third-order valence-electron chi connectivity index (χ3n) is 3.67. The fraction of sp³-hybridized carbons (Fsp3) is 0.467. The number of nitrogens with zero attached hydrogens (tertiary/aromatic N) is 3. The number of carbonyl (C=O) groups excluding carboxylic acids is 2. The van der Waals surface area contributed by atoms with Crippen LogP contribution in [0.3, 0.4) is 0 Å². The Kier molecular flexibility index (Phi) is 5.20. The number of nitrogens with one attached hydrogen (secondary N) is 2. The Hall–Kier alpha value is -1.87. The Morgan fingerprint density at radius 3 is 2.88 bits per heavy atom. The fourth-order valence-corrected chi connectivity index (χ4v) is 3.90. The molecule has 0 bridgehead atoms. The number of aromatic nitrogens is 3. The molecule has 1 aliphatic rings. The van der Waals surface area contributed by atoms with E-state index in [2.05, 4.69) is 31.5 Å². The molecule has 1 aliphatic carbocycles. The van der Waals surface area contributed by atoms with E-state index in [9.17, 15) is 9.59 Å². The molecule has 3 rings (SSSR count). The highest BCUT2D eigenvalue weighted by Crippen LogP contribution is 2.40. The molecule has 1 saturated carbocycles. The van der Waals surface area contributed by atoms with Crippen LogP contribution in [0.25, 0.3) is 0 Å². The molecule has 9 heteroatoms. The van der Waals surface area contributed by atoms with Crippen molar-refractivity contribution in [3.05, 3.63) is 28.2 Å². The Balaban J connectivity index is 1.72. The highest BCUT2D eigenvalue weighted by molar-refractivity contribution is 8.00. The molecular weight excluding hydrogens is 346 g/mol. The molecule has 1 atom stereocenters. The van der Waals surface area contributed by atoms with Crippen LogP contribution in [0, 0.1) is 0 Å². The van der Waals surface area contributed by atoms with Gasteiger partial charge in [-0.2, -0.15) is 0 Å². The van der Waals surface area contributed by atoms with E-state index in [1.54, 1.807) is 18.3 Å². The second kappa shape index (κ2) is 7.35. The van der Waals surface area contributed by atoms with Gasteiger partial charge in [0.1, 0.15) is 5.82 Å². The summed E-state index contributed by atoms with van der Waals surface area (Å²) in [6, 6.07) is 4.03. The van der Waals surface area contributed by atoms with Gasteiger partial charge >= 0.3 is 6.03 Å². The summed E-state index contributed by atoms with van der Waals surface area (Å²) in [5.41, 5.74) is 0. The molecule has 0 radical (unpaired) electrons. The van der Waals surface area contributed by atoms with Crippen molar-refractivity contribution >= 4 is 35.0 Å². The molecule has 24 heavy (non-hydrogen) atoms. The topological polar surface area (TPSA) is 88.9 Å². The molecule has 128 valence electrons. The normalized spacial score (nSPS) is 15.1. The van der Waals surface area contributed by atoms with Gasteiger partial charge in [0.2, 0.25) is 5.91 Å². The predicted octanol–water partition coefficient (Wildman–Crippen LogP) is 2.20. The maximum atomic E-state index is 12.0. The van der Waals surface area contributed by atoms with Gasteiger partial charge in [-0.15, -0.1) is 21.5 Å². The number of thioether (sulfide) groups is 1. The van der Waals surface area contributed by atoms with E-state index in [1.165, 1.54) is 23.7 Å². The van der Waals surface area contributed by atoms with Crippen LogP contribution in [0.4, 0.5) is 4.79 Å². The molecule has 0 aromatic carbocycles. The van der Waals surface area contributed by atoms with Crippen molar-refractivity contribution < 1.29 is 9.59 Å². The number of rotatable bonds is 6. The van der Waals surface area contributed by atoms with Gasteiger partial charge in [-0.1, -0.05) is 17.8 Å². The average molecular weight is 365 g/mol. The van der Waals surface area contributed by atoms with E-state index >= 15 is 0 Å². The molecule has 0 aliphatic heterocycles. The Bertz CT molecular complexity index is 724. The first-order valence-electron chi connectivity index (χ1n) is 7.74. The summed E-state index contributed by atoms with van der Waals surface area (Å²) in [6.45, 7) is 1.76. The van der Waals surface area contributed by atoms with E-state index in [0.717, 1.165) is 30.2 Å². The van der Waals surface area contributed by atoms with Crippen molar-refractivity contribution in [2.24, 2.45) is 0 Å². The molecule has 0 unspecified atom stereocenters. The molecule has 3 amide bonds. The number of urea groups is 1. The van der Waals surface area contributed by atoms with E-state index in [-0.39, 0.29) is 5.91 Å². The zero-order chi connectivity index (χ0) is 17.1. The minimum atomic E-state index is -0.505. The lowest BCUT2D eigenvalue weighted by Crippen LogP contribution is -2.41. The van der Waals surface area contributed by atoms with Crippen LogP contribution in [0.5, 0.6) is 0 Å². The molecule has 2 aromatic heterocycles. The van der Waals surface area contributed by atoms with Crippen molar-refractivity contribution in [1.29, 1.82) is 0 Å². The molecule has 2 aromatic rings. The van der Waals surface area contributed by atoms with Crippen LogP contribution >= 0.6 is 23.1 Å². The van der Waals surface area contributed by atoms with E-state index in [4.69, 9.17) is 0 Å². The first-order chi connectivity index (χ1) is 11.6. The van der Waals surface area contributed by atoms with Gasteiger partial charge < -0.3 is 9.88 Å². The van der Waals surface area contributed by atoms with E-state index < -0.39 is 11.3 Å². The molecule has 2 N–H and O–H groups in total. The summed E-state index contributed by atoms with van der Waals surface area (Å²) in [5.74, 6) is 0.589. The molecular formula is C15H19N5O2S2. The van der Waals surface area contributed by atoms with Gasteiger partial charge in [0, 0.05) is 24.4 Å². The maximum absolute atomic E-state index is 12.0. The average Bonchev–Trinajstić information content (AvgIpc) is 3.12. The number of amides is 3. The first kappa shape index (κ1) is 17.0. The third-order valence-corrected chi connectivity index (χ3v) is 5.61. The summed E-state index contributed by atoms with van der Waals surface area (Å²) in [6.07, 6.45) is 2.98. The fourth-order valence-electron chi connectivity index (χ4n) is 2.26. The number of imide groups is 1. The van der Waals surface area contributed by atoms with Crippen LogP contribution < -0.4 is 10.6 Å². The molecule has 1 fully saturated rings. The smallest absolute Gasteiger partial charge is 0.321 e. The SMILES string of the molecule is CNC(=O)NC(=O)[C@H](C)Sc1nnc(Cc2cccs2)n1C1CC1. The highest BCUT2D eigenvalue weighted by Gasteiger charge is 2.31. The van der Waals surface area contributed by atoms with Crippen molar-refractivity contribution in [2.45, 2.75) is 42.6 Å². The number of hydrogen-bond donors (Lipinski definition) is 2. The Morgan fingerprint density at radius 2 is 2.25 bits per heavy atom. The van der Waals surface area contributed by atoms with Crippen molar-refractivity contribution in [2.75, 3.05) is 7.05 Å². The number of thiophene rings is 1. The van der Waals surface area contributed by atoms with Gasteiger partial charge in [0.05, 0.1) is 5.25 Å². The van der Waals surface area contributed by atoms with Crippen molar-refractivity contribution in [3.63, 3.8) is 0 Å². The summed E-state index contributed by atoms with van der Waals surface area (Å²) in [5, 5.41) is 15.6. The maximum Gasteiger partial charge on any atom is 0.321 e. The number of carbonyl (C=O) groups is 2. The lowest BCUT2D eigenvalue weighted by Gasteiger charge is -2.12. The monoisotopic (exact) mass is 365 g/mol. The summed E-state index contributed by atoms with van der Waals surface area (Å²) in [7, 11) is 1.47. The summed E-state index contributed by atoms with van der Waals surface area (Å²) in [4.78, 5) is 24.5. The predicted molar refractivity (Wildman–Crippen MR) is 93.3 cm³/mol. The van der Waals surface area contributed by atoms with Gasteiger partial charge in [-0.3, -0.25) is 10.1 Å². The summed E-state index contributed by atoms with van der Waals surface area (Å²) < 4.78 is 2.15. The lowest BCUT2D eigenvalue weighted by atomic mass is 10.3. The largest absolute Gasteiger partial charge is 0.341 e. The quantitative estimate of drug-likeness (QED) is 0.766. The van der Waals surface area contributed by atoms with Gasteiger partial charge in [-0.05, 0) is 31.2 Å². The zero-order valence-electron chi connectivity index (χ0n) is 13.5. The minimum Gasteiger partial charge on any atom is -0.341 e. The Labute approximate surface area is 148 Å². The first-order valence-corrected chi connectivity index (χ1v) is 9.49. The van der Waals surface area contributed by atoms with Crippen LogP contribution in [0.1, 0.15) is 36.5 Å². The van der Waals surface area contributed by atoms with E-state index in [0.29, 0.717) is 6.04 Å². The van der Waals surface area contributed by atoms with Gasteiger partial charge in [0.25, 0.3) is 0 Å². The highest BCUT2D eigenvalue weighted by atomic mass is 32.2. The molecule has 7 nitrogen and oxygen atoms in total. The standard InChI is InChI=1S/C15H19N5O2S2/c1-9(13(21)17-14(22)16-2)24-15-19-18-12(20(15)10-5-6-10)8-11-4-3-7-23-11/h3-4,7,9-10H,5-6,8H2,1-2H3,(H2,16,17,21,22)/t9-/m0/s1. The van der Waals surface area contributed by atoms with Crippen LogP contribution in [0.15, 0.2) is 22.7 Å². The van der Waals surface area contributed by atoms with Crippen LogP contribution in [-0.2, 0) is 11.2 Å². The zero-order valence-corrected chi connectivity index (χ0v) is 15.1. The van der Waals surface area contributed by atoms with E-state index in [1.807, 2.05) is 11.4 Å². The van der Waals surface area contributed by atoms with Crippen molar-refractivity contribution in [3.8, 4) is 0 Å².